The molecule has 0 unspecified atom stereocenters. The standard InChI is InChI=1S/C21H15NO2/c1-14-8-2-3-9-15(14)20(23)19-16-10-4-5-12-18(16)24-21(19)17-11-6-7-13-22-17/h2-13H,1H3. The van der Waals surface area contributed by atoms with E-state index in [1.807, 2.05) is 73.7 Å². The lowest BCUT2D eigenvalue weighted by atomic mass is 9.96. The maximum atomic E-state index is 13.2. The van der Waals surface area contributed by atoms with Crippen molar-refractivity contribution in [1.82, 2.24) is 4.98 Å². The molecule has 0 amide bonds. The van der Waals surface area contributed by atoms with Gasteiger partial charge in [-0.3, -0.25) is 9.78 Å². The number of carbonyl (C=O) groups is 1. The summed E-state index contributed by atoms with van der Waals surface area (Å²) >= 11 is 0. The molecule has 2 aromatic heterocycles. The predicted octanol–water partition coefficient (Wildman–Crippen LogP) is 5.03. The van der Waals surface area contributed by atoms with Crippen LogP contribution in [-0.2, 0) is 0 Å². The van der Waals surface area contributed by atoms with Gasteiger partial charge in [0, 0.05) is 17.1 Å². The molecule has 2 heterocycles. The zero-order chi connectivity index (χ0) is 16.5. The lowest BCUT2D eigenvalue weighted by Gasteiger charge is -2.05. The van der Waals surface area contributed by atoms with E-state index in [0.29, 0.717) is 28.2 Å². The molecule has 2 aromatic carbocycles. The van der Waals surface area contributed by atoms with Crippen molar-refractivity contribution in [3.63, 3.8) is 0 Å². The van der Waals surface area contributed by atoms with E-state index >= 15 is 0 Å². The Balaban J connectivity index is 2.00. The average molecular weight is 313 g/mol. The van der Waals surface area contributed by atoms with Gasteiger partial charge in [0.2, 0.25) is 0 Å². The highest BCUT2D eigenvalue weighted by atomic mass is 16.3. The third-order valence-corrected chi connectivity index (χ3v) is 4.11. The summed E-state index contributed by atoms with van der Waals surface area (Å²) in [6.45, 7) is 1.94. The molecule has 0 N–H and O–H groups in total. The van der Waals surface area contributed by atoms with Gasteiger partial charge < -0.3 is 4.42 Å². The summed E-state index contributed by atoms with van der Waals surface area (Å²) in [5.41, 5.74) is 3.54. The Bertz CT molecular complexity index is 1030. The van der Waals surface area contributed by atoms with Crippen molar-refractivity contribution in [2.24, 2.45) is 0 Å². The first-order valence-electron chi connectivity index (χ1n) is 7.79. The first-order valence-corrected chi connectivity index (χ1v) is 7.79. The summed E-state index contributed by atoms with van der Waals surface area (Å²) in [7, 11) is 0. The molecule has 0 aliphatic carbocycles. The van der Waals surface area contributed by atoms with E-state index < -0.39 is 0 Å². The molecule has 4 aromatic rings. The van der Waals surface area contributed by atoms with Gasteiger partial charge in [-0.25, -0.2) is 0 Å². The molecule has 0 bridgehead atoms. The van der Waals surface area contributed by atoms with Crippen molar-refractivity contribution in [3.05, 3.63) is 89.6 Å². The van der Waals surface area contributed by atoms with Crippen LogP contribution < -0.4 is 0 Å². The van der Waals surface area contributed by atoms with E-state index in [2.05, 4.69) is 4.98 Å². The smallest absolute Gasteiger partial charge is 0.197 e. The monoisotopic (exact) mass is 313 g/mol. The molecule has 0 radical (unpaired) electrons. The molecule has 0 atom stereocenters. The summed E-state index contributed by atoms with van der Waals surface area (Å²) in [5.74, 6) is 0.476. The number of aromatic nitrogens is 1. The zero-order valence-electron chi connectivity index (χ0n) is 13.2. The zero-order valence-corrected chi connectivity index (χ0v) is 13.2. The van der Waals surface area contributed by atoms with Gasteiger partial charge in [0.15, 0.2) is 11.5 Å². The Kier molecular flexibility index (Phi) is 3.47. The van der Waals surface area contributed by atoms with Crippen LogP contribution in [0, 0.1) is 6.92 Å². The van der Waals surface area contributed by atoms with E-state index in [0.717, 1.165) is 10.9 Å². The SMILES string of the molecule is Cc1ccccc1C(=O)c1c(-c2ccccn2)oc2ccccc12. The van der Waals surface area contributed by atoms with Gasteiger partial charge >= 0.3 is 0 Å². The third-order valence-electron chi connectivity index (χ3n) is 4.11. The Morgan fingerprint density at radius 3 is 2.46 bits per heavy atom. The minimum atomic E-state index is -0.0429. The second kappa shape index (κ2) is 5.78. The normalized spacial score (nSPS) is 10.9. The van der Waals surface area contributed by atoms with E-state index in [9.17, 15) is 4.79 Å². The van der Waals surface area contributed by atoms with Gasteiger partial charge in [-0.05, 0) is 30.7 Å². The first kappa shape index (κ1) is 14.4. The number of fused-ring (bicyclic) bond motifs is 1. The second-order valence-electron chi connectivity index (χ2n) is 5.66. The molecule has 116 valence electrons. The lowest BCUT2D eigenvalue weighted by molar-refractivity contribution is 0.103. The maximum absolute atomic E-state index is 13.2. The number of pyridine rings is 1. The van der Waals surface area contributed by atoms with Crippen LogP contribution in [0.1, 0.15) is 21.5 Å². The van der Waals surface area contributed by atoms with Gasteiger partial charge in [-0.2, -0.15) is 0 Å². The fourth-order valence-corrected chi connectivity index (χ4v) is 2.91. The van der Waals surface area contributed by atoms with Crippen molar-refractivity contribution in [2.75, 3.05) is 0 Å². The number of para-hydroxylation sites is 1. The highest BCUT2D eigenvalue weighted by molar-refractivity contribution is 6.19. The minimum absolute atomic E-state index is 0.0429. The third kappa shape index (κ3) is 2.31. The number of benzene rings is 2. The molecule has 0 saturated heterocycles. The maximum Gasteiger partial charge on any atom is 0.197 e. The summed E-state index contributed by atoms with van der Waals surface area (Å²) in [6.07, 6.45) is 1.70. The molecular weight excluding hydrogens is 298 g/mol. The summed E-state index contributed by atoms with van der Waals surface area (Å²) in [4.78, 5) is 17.6. The fraction of sp³-hybridized carbons (Fsp3) is 0.0476. The van der Waals surface area contributed by atoms with E-state index in [1.165, 1.54) is 0 Å². The molecule has 0 saturated carbocycles. The number of hydrogen-bond donors (Lipinski definition) is 0. The Morgan fingerprint density at radius 2 is 1.67 bits per heavy atom. The van der Waals surface area contributed by atoms with Crippen molar-refractivity contribution in [3.8, 4) is 11.5 Å². The van der Waals surface area contributed by atoms with Crippen LogP contribution in [0.3, 0.4) is 0 Å². The number of hydrogen-bond acceptors (Lipinski definition) is 3. The number of nitrogens with zero attached hydrogens (tertiary/aromatic N) is 1. The van der Waals surface area contributed by atoms with Crippen molar-refractivity contribution in [2.45, 2.75) is 6.92 Å². The lowest BCUT2D eigenvalue weighted by Crippen LogP contribution is -2.04. The first-order chi connectivity index (χ1) is 11.8. The molecule has 4 rings (SSSR count). The molecule has 3 nitrogen and oxygen atoms in total. The van der Waals surface area contributed by atoms with Crippen LogP contribution in [0.2, 0.25) is 0 Å². The second-order valence-corrected chi connectivity index (χ2v) is 5.66. The highest BCUT2D eigenvalue weighted by Gasteiger charge is 2.24. The number of carbonyl (C=O) groups excluding carboxylic acids is 1. The van der Waals surface area contributed by atoms with Gasteiger partial charge in [0.25, 0.3) is 0 Å². The molecule has 0 spiro atoms. The van der Waals surface area contributed by atoms with Crippen molar-refractivity contribution in [1.29, 1.82) is 0 Å². The summed E-state index contributed by atoms with van der Waals surface area (Å²) < 4.78 is 5.98. The van der Waals surface area contributed by atoms with Gasteiger partial charge in [-0.15, -0.1) is 0 Å². The molecule has 3 heteroatoms. The van der Waals surface area contributed by atoms with Crippen LogP contribution in [0.5, 0.6) is 0 Å². The number of ketones is 1. The number of aryl methyl sites for hydroxylation is 1. The van der Waals surface area contributed by atoms with Crippen LogP contribution in [0.4, 0.5) is 0 Å². The minimum Gasteiger partial charge on any atom is -0.454 e. The highest BCUT2D eigenvalue weighted by Crippen LogP contribution is 2.34. The summed E-state index contributed by atoms with van der Waals surface area (Å²) in [6, 6.07) is 20.8. The van der Waals surface area contributed by atoms with Crippen LogP contribution in [0.25, 0.3) is 22.4 Å². The molecule has 0 aliphatic heterocycles. The Hall–Kier alpha value is -3.20. The fourth-order valence-electron chi connectivity index (χ4n) is 2.91. The topological polar surface area (TPSA) is 43.1 Å². The van der Waals surface area contributed by atoms with Gasteiger partial charge in [0.05, 0.1) is 5.56 Å². The van der Waals surface area contributed by atoms with E-state index in [4.69, 9.17) is 4.42 Å². The van der Waals surface area contributed by atoms with Crippen molar-refractivity contribution < 1.29 is 9.21 Å². The molecule has 0 aliphatic rings. The Labute approximate surface area is 139 Å². The quantitative estimate of drug-likeness (QED) is 0.498. The van der Waals surface area contributed by atoms with Gasteiger partial charge in [-0.1, -0.05) is 48.5 Å². The number of rotatable bonds is 3. The molecular formula is C21H15NO2. The van der Waals surface area contributed by atoms with Crippen LogP contribution in [0.15, 0.2) is 77.3 Å². The van der Waals surface area contributed by atoms with E-state index in [-0.39, 0.29) is 5.78 Å². The largest absolute Gasteiger partial charge is 0.454 e. The average Bonchev–Trinajstić information content (AvgIpc) is 3.02. The van der Waals surface area contributed by atoms with Crippen LogP contribution in [-0.4, -0.2) is 10.8 Å². The van der Waals surface area contributed by atoms with Crippen LogP contribution >= 0.6 is 0 Å². The van der Waals surface area contributed by atoms with Crippen molar-refractivity contribution >= 4 is 16.8 Å². The number of furan rings is 1. The van der Waals surface area contributed by atoms with E-state index in [1.54, 1.807) is 6.20 Å². The predicted molar refractivity (Wildman–Crippen MR) is 94.1 cm³/mol. The summed E-state index contributed by atoms with van der Waals surface area (Å²) in [5, 5.41) is 0.811. The molecule has 24 heavy (non-hydrogen) atoms. The van der Waals surface area contributed by atoms with Gasteiger partial charge in [0.1, 0.15) is 11.3 Å². The molecule has 0 fully saturated rings. The Morgan fingerprint density at radius 1 is 0.917 bits per heavy atom.